The molecule has 0 aliphatic heterocycles. The van der Waals surface area contributed by atoms with Crippen LogP contribution in [0.15, 0.2) is 22.8 Å². The normalized spacial score (nSPS) is 12.6. The third kappa shape index (κ3) is 2.59. The van der Waals surface area contributed by atoms with Crippen molar-refractivity contribution < 1.29 is 9.15 Å². The SMILES string of the molecule is COC(CNc1nc(C)ns1)c1ccco1. The standard InChI is InChI=1S/C10H13N3O2S/c1-7-12-10(16-13-7)11-6-9(14-2)8-4-3-5-15-8/h3-5,9H,6H2,1-2H3,(H,11,12,13). The van der Waals surface area contributed by atoms with Crippen LogP contribution in [-0.2, 0) is 4.74 Å². The summed E-state index contributed by atoms with van der Waals surface area (Å²) in [6, 6.07) is 3.73. The first kappa shape index (κ1) is 11.1. The van der Waals surface area contributed by atoms with Crippen LogP contribution in [0.4, 0.5) is 5.13 Å². The number of nitrogens with one attached hydrogen (secondary N) is 1. The molecule has 0 saturated heterocycles. The molecule has 2 aromatic heterocycles. The topological polar surface area (TPSA) is 60.2 Å². The molecule has 0 aliphatic carbocycles. The largest absolute Gasteiger partial charge is 0.467 e. The lowest BCUT2D eigenvalue weighted by Gasteiger charge is -2.12. The van der Waals surface area contributed by atoms with Gasteiger partial charge < -0.3 is 14.5 Å². The van der Waals surface area contributed by atoms with Crippen molar-refractivity contribution in [1.82, 2.24) is 9.36 Å². The van der Waals surface area contributed by atoms with Gasteiger partial charge in [-0.1, -0.05) is 0 Å². The van der Waals surface area contributed by atoms with E-state index in [1.165, 1.54) is 11.5 Å². The van der Waals surface area contributed by atoms with E-state index in [9.17, 15) is 0 Å². The fourth-order valence-electron chi connectivity index (χ4n) is 1.32. The quantitative estimate of drug-likeness (QED) is 0.867. The van der Waals surface area contributed by atoms with Gasteiger partial charge in [0.05, 0.1) is 12.8 Å². The molecule has 1 atom stereocenters. The van der Waals surface area contributed by atoms with Gasteiger partial charge in [0.1, 0.15) is 17.7 Å². The monoisotopic (exact) mass is 239 g/mol. The highest BCUT2D eigenvalue weighted by molar-refractivity contribution is 7.09. The zero-order valence-corrected chi connectivity index (χ0v) is 9.95. The number of ether oxygens (including phenoxy) is 1. The Morgan fingerprint density at radius 2 is 2.50 bits per heavy atom. The molecule has 0 aliphatic rings. The maximum Gasteiger partial charge on any atom is 0.202 e. The zero-order chi connectivity index (χ0) is 11.4. The van der Waals surface area contributed by atoms with Crippen LogP contribution in [0, 0.1) is 6.92 Å². The van der Waals surface area contributed by atoms with Crippen LogP contribution in [0.25, 0.3) is 0 Å². The molecule has 2 rings (SSSR count). The predicted molar refractivity (Wildman–Crippen MR) is 61.6 cm³/mol. The molecule has 1 unspecified atom stereocenters. The molecule has 0 bridgehead atoms. The molecule has 0 amide bonds. The zero-order valence-electron chi connectivity index (χ0n) is 9.14. The minimum Gasteiger partial charge on any atom is -0.467 e. The lowest BCUT2D eigenvalue weighted by Crippen LogP contribution is -2.13. The van der Waals surface area contributed by atoms with Gasteiger partial charge in [-0.25, -0.2) is 4.98 Å². The van der Waals surface area contributed by atoms with Gasteiger partial charge in [-0.2, -0.15) is 4.37 Å². The Hall–Kier alpha value is -1.40. The van der Waals surface area contributed by atoms with Gasteiger partial charge in [0.15, 0.2) is 0 Å². The second-order valence-electron chi connectivity index (χ2n) is 3.27. The first-order chi connectivity index (χ1) is 7.79. The van der Waals surface area contributed by atoms with Crippen molar-refractivity contribution in [3.63, 3.8) is 0 Å². The van der Waals surface area contributed by atoms with Gasteiger partial charge in [-0.05, 0) is 19.1 Å². The van der Waals surface area contributed by atoms with Crippen LogP contribution in [0.1, 0.15) is 17.7 Å². The van der Waals surface area contributed by atoms with E-state index < -0.39 is 0 Å². The van der Waals surface area contributed by atoms with Gasteiger partial charge in [0.2, 0.25) is 5.13 Å². The predicted octanol–water partition coefficient (Wildman–Crippen LogP) is 2.24. The highest BCUT2D eigenvalue weighted by Crippen LogP contribution is 2.18. The summed E-state index contributed by atoms with van der Waals surface area (Å²) in [7, 11) is 1.65. The number of aromatic nitrogens is 2. The van der Waals surface area contributed by atoms with E-state index in [-0.39, 0.29) is 6.10 Å². The fraction of sp³-hybridized carbons (Fsp3) is 0.400. The van der Waals surface area contributed by atoms with Gasteiger partial charge >= 0.3 is 0 Å². The van der Waals surface area contributed by atoms with Gasteiger partial charge in [0.25, 0.3) is 0 Å². The Kier molecular flexibility index (Phi) is 3.53. The van der Waals surface area contributed by atoms with E-state index in [1.54, 1.807) is 13.4 Å². The van der Waals surface area contributed by atoms with Gasteiger partial charge in [0, 0.05) is 18.6 Å². The summed E-state index contributed by atoms with van der Waals surface area (Å²) in [6.45, 7) is 2.47. The lowest BCUT2D eigenvalue weighted by molar-refractivity contribution is 0.0943. The van der Waals surface area contributed by atoms with Crippen LogP contribution in [0.3, 0.4) is 0 Å². The maximum atomic E-state index is 5.32. The summed E-state index contributed by atoms with van der Waals surface area (Å²) in [4.78, 5) is 4.21. The summed E-state index contributed by atoms with van der Waals surface area (Å²) >= 11 is 1.34. The lowest BCUT2D eigenvalue weighted by atomic mass is 10.3. The van der Waals surface area contributed by atoms with Gasteiger partial charge in [-0.15, -0.1) is 0 Å². The second-order valence-corrected chi connectivity index (χ2v) is 4.02. The van der Waals surface area contributed by atoms with Crippen molar-refractivity contribution >= 4 is 16.7 Å². The number of anilines is 1. The van der Waals surface area contributed by atoms with Crippen LogP contribution in [-0.4, -0.2) is 23.0 Å². The molecule has 2 heterocycles. The van der Waals surface area contributed by atoms with E-state index in [4.69, 9.17) is 9.15 Å². The summed E-state index contributed by atoms with van der Waals surface area (Å²) in [5, 5.41) is 3.96. The Balaban J connectivity index is 1.93. The minimum absolute atomic E-state index is 0.112. The van der Waals surface area contributed by atoms with E-state index in [1.807, 2.05) is 19.1 Å². The molecule has 16 heavy (non-hydrogen) atoms. The molecule has 0 fully saturated rings. The molecule has 86 valence electrons. The molecular formula is C10H13N3O2S. The van der Waals surface area contributed by atoms with Gasteiger partial charge in [-0.3, -0.25) is 0 Å². The van der Waals surface area contributed by atoms with E-state index >= 15 is 0 Å². The van der Waals surface area contributed by atoms with Crippen molar-refractivity contribution in [2.24, 2.45) is 0 Å². The highest BCUT2D eigenvalue weighted by Gasteiger charge is 2.13. The smallest absolute Gasteiger partial charge is 0.202 e. The van der Waals surface area contributed by atoms with Crippen LogP contribution >= 0.6 is 11.5 Å². The number of hydrogen-bond acceptors (Lipinski definition) is 6. The first-order valence-electron chi connectivity index (χ1n) is 4.90. The average molecular weight is 239 g/mol. The van der Waals surface area contributed by atoms with Crippen molar-refractivity contribution in [3.8, 4) is 0 Å². The van der Waals surface area contributed by atoms with Crippen LogP contribution in [0.5, 0.6) is 0 Å². The van der Waals surface area contributed by atoms with Crippen molar-refractivity contribution in [2.75, 3.05) is 19.0 Å². The Labute approximate surface area is 97.6 Å². The number of furan rings is 1. The molecule has 0 aromatic carbocycles. The molecular weight excluding hydrogens is 226 g/mol. The minimum atomic E-state index is -0.112. The summed E-state index contributed by atoms with van der Waals surface area (Å²) in [5.74, 6) is 1.58. The third-order valence-electron chi connectivity index (χ3n) is 2.11. The van der Waals surface area contributed by atoms with Crippen molar-refractivity contribution in [1.29, 1.82) is 0 Å². The highest BCUT2D eigenvalue weighted by atomic mass is 32.1. The number of hydrogen-bond donors (Lipinski definition) is 1. The van der Waals surface area contributed by atoms with E-state index in [2.05, 4.69) is 14.7 Å². The summed E-state index contributed by atoms with van der Waals surface area (Å²) in [5.41, 5.74) is 0. The molecule has 2 aromatic rings. The van der Waals surface area contributed by atoms with Crippen molar-refractivity contribution in [3.05, 3.63) is 30.0 Å². The fourth-order valence-corrected chi connectivity index (χ4v) is 1.90. The summed E-state index contributed by atoms with van der Waals surface area (Å²) in [6.07, 6.45) is 1.52. The number of nitrogens with zero attached hydrogens (tertiary/aromatic N) is 2. The molecule has 0 spiro atoms. The van der Waals surface area contributed by atoms with Crippen LogP contribution < -0.4 is 5.32 Å². The van der Waals surface area contributed by atoms with E-state index in [0.717, 1.165) is 16.7 Å². The Morgan fingerprint density at radius 3 is 3.06 bits per heavy atom. The van der Waals surface area contributed by atoms with Crippen molar-refractivity contribution in [2.45, 2.75) is 13.0 Å². The number of aryl methyl sites for hydroxylation is 1. The Morgan fingerprint density at radius 1 is 1.62 bits per heavy atom. The Bertz CT molecular complexity index is 427. The third-order valence-corrected chi connectivity index (χ3v) is 2.88. The maximum absolute atomic E-state index is 5.32. The average Bonchev–Trinajstić information content (AvgIpc) is 2.91. The summed E-state index contributed by atoms with van der Waals surface area (Å²) < 4.78 is 14.7. The van der Waals surface area contributed by atoms with Crippen LogP contribution in [0.2, 0.25) is 0 Å². The van der Waals surface area contributed by atoms with E-state index in [0.29, 0.717) is 6.54 Å². The molecule has 0 radical (unpaired) electrons. The molecule has 5 nitrogen and oxygen atoms in total. The second kappa shape index (κ2) is 5.09. The molecule has 0 saturated carbocycles. The molecule has 1 N–H and O–H groups in total. The number of methoxy groups -OCH3 is 1. The first-order valence-corrected chi connectivity index (χ1v) is 5.67. The molecule has 6 heteroatoms. The number of rotatable bonds is 5.